The molecular weight excluding hydrogens is 246 g/mol. The first-order valence-corrected chi connectivity index (χ1v) is 7.35. The molecule has 18 heavy (non-hydrogen) atoms. The summed E-state index contributed by atoms with van der Waals surface area (Å²) in [4.78, 5) is 0. The molecule has 2 heterocycles. The number of rotatable bonds is 2. The topological polar surface area (TPSA) is 48.4 Å². The Bertz CT molecular complexity index is 546. The molecule has 4 heteroatoms. The number of aryl methyl sites for hydroxylation is 1. The minimum atomic E-state index is -0.176. The maximum Gasteiger partial charge on any atom is 0.137 e. The van der Waals surface area contributed by atoms with E-state index in [0.29, 0.717) is 0 Å². The van der Waals surface area contributed by atoms with Gasteiger partial charge in [-0.25, -0.2) is 0 Å². The summed E-state index contributed by atoms with van der Waals surface area (Å²) >= 11 is 1.89. The van der Waals surface area contributed by atoms with Crippen molar-refractivity contribution in [3.05, 3.63) is 35.6 Å². The smallest absolute Gasteiger partial charge is 0.137 e. The molecule has 0 bridgehead atoms. The van der Waals surface area contributed by atoms with Crippen molar-refractivity contribution >= 4 is 22.7 Å². The van der Waals surface area contributed by atoms with Gasteiger partial charge in [0.2, 0.25) is 0 Å². The van der Waals surface area contributed by atoms with Crippen LogP contribution in [0.15, 0.2) is 28.7 Å². The van der Waals surface area contributed by atoms with Crippen molar-refractivity contribution in [1.29, 1.82) is 0 Å². The molecule has 1 aliphatic heterocycles. The molecule has 96 valence electrons. The van der Waals surface area contributed by atoms with E-state index in [9.17, 15) is 0 Å². The Morgan fingerprint density at radius 1 is 1.44 bits per heavy atom. The number of benzene rings is 1. The van der Waals surface area contributed by atoms with Gasteiger partial charge in [0.15, 0.2) is 0 Å². The SMILES string of the molecule is Cc1cccc2cc(C(N)C3CSCCO3)oc12. The van der Waals surface area contributed by atoms with Crippen LogP contribution in [0.25, 0.3) is 11.0 Å². The van der Waals surface area contributed by atoms with Crippen LogP contribution in [-0.4, -0.2) is 24.2 Å². The number of fused-ring (bicyclic) bond motifs is 1. The van der Waals surface area contributed by atoms with Crippen LogP contribution in [0.2, 0.25) is 0 Å². The van der Waals surface area contributed by atoms with Crippen LogP contribution in [-0.2, 0) is 4.74 Å². The molecule has 2 N–H and O–H groups in total. The molecule has 3 rings (SSSR count). The number of para-hydroxylation sites is 1. The van der Waals surface area contributed by atoms with Gasteiger partial charge in [-0.3, -0.25) is 0 Å². The van der Waals surface area contributed by atoms with Gasteiger partial charge in [-0.2, -0.15) is 11.8 Å². The Balaban J connectivity index is 1.91. The molecule has 1 saturated heterocycles. The predicted octanol–water partition coefficient (Wildman–Crippen LogP) is 2.87. The lowest BCUT2D eigenvalue weighted by Gasteiger charge is -2.26. The zero-order chi connectivity index (χ0) is 12.5. The van der Waals surface area contributed by atoms with Crippen LogP contribution < -0.4 is 5.73 Å². The van der Waals surface area contributed by atoms with Crippen LogP contribution in [0.3, 0.4) is 0 Å². The number of hydrogen-bond acceptors (Lipinski definition) is 4. The summed E-state index contributed by atoms with van der Waals surface area (Å²) in [5, 5.41) is 1.11. The lowest BCUT2D eigenvalue weighted by Crippen LogP contribution is -2.34. The van der Waals surface area contributed by atoms with E-state index in [0.717, 1.165) is 40.4 Å². The van der Waals surface area contributed by atoms with Crippen molar-refractivity contribution in [1.82, 2.24) is 0 Å². The van der Waals surface area contributed by atoms with Crippen molar-refractivity contribution in [2.75, 3.05) is 18.1 Å². The first kappa shape index (κ1) is 12.1. The molecule has 0 spiro atoms. The highest BCUT2D eigenvalue weighted by Crippen LogP contribution is 2.29. The lowest BCUT2D eigenvalue weighted by atomic mass is 10.1. The van der Waals surface area contributed by atoms with E-state index in [-0.39, 0.29) is 12.1 Å². The number of furan rings is 1. The minimum Gasteiger partial charge on any atom is -0.459 e. The summed E-state index contributed by atoms with van der Waals surface area (Å²) in [7, 11) is 0. The number of hydrogen-bond donors (Lipinski definition) is 1. The maximum absolute atomic E-state index is 6.25. The van der Waals surface area contributed by atoms with Crippen LogP contribution in [0.4, 0.5) is 0 Å². The predicted molar refractivity (Wildman–Crippen MR) is 74.9 cm³/mol. The highest BCUT2D eigenvalue weighted by molar-refractivity contribution is 7.99. The zero-order valence-electron chi connectivity index (χ0n) is 10.4. The highest BCUT2D eigenvalue weighted by atomic mass is 32.2. The van der Waals surface area contributed by atoms with Gasteiger partial charge in [-0.15, -0.1) is 0 Å². The maximum atomic E-state index is 6.25. The van der Waals surface area contributed by atoms with Gasteiger partial charge in [0.1, 0.15) is 11.3 Å². The third-order valence-corrected chi connectivity index (χ3v) is 4.35. The largest absolute Gasteiger partial charge is 0.459 e. The average Bonchev–Trinajstić information content (AvgIpc) is 2.84. The molecule has 2 unspecified atom stereocenters. The highest BCUT2D eigenvalue weighted by Gasteiger charge is 2.25. The van der Waals surface area contributed by atoms with Crippen molar-refractivity contribution in [2.24, 2.45) is 5.73 Å². The molecule has 3 nitrogen and oxygen atoms in total. The Morgan fingerprint density at radius 3 is 3.06 bits per heavy atom. The third-order valence-electron chi connectivity index (χ3n) is 3.33. The number of thioether (sulfide) groups is 1. The molecule has 0 aliphatic carbocycles. The molecule has 1 fully saturated rings. The van der Waals surface area contributed by atoms with Gasteiger partial charge in [0.25, 0.3) is 0 Å². The van der Waals surface area contributed by atoms with Gasteiger partial charge in [0.05, 0.1) is 18.8 Å². The summed E-state index contributed by atoms with van der Waals surface area (Å²) in [5.74, 6) is 2.83. The molecule has 1 aliphatic rings. The Morgan fingerprint density at radius 2 is 2.33 bits per heavy atom. The van der Waals surface area contributed by atoms with E-state index in [4.69, 9.17) is 14.9 Å². The van der Waals surface area contributed by atoms with Crippen molar-refractivity contribution in [3.63, 3.8) is 0 Å². The van der Waals surface area contributed by atoms with E-state index in [1.54, 1.807) is 0 Å². The van der Waals surface area contributed by atoms with Crippen LogP contribution in [0.5, 0.6) is 0 Å². The summed E-state index contributed by atoms with van der Waals surface area (Å²) in [6.07, 6.45) is 0.0598. The lowest BCUT2D eigenvalue weighted by molar-refractivity contribution is 0.0522. The van der Waals surface area contributed by atoms with E-state index in [1.807, 2.05) is 36.9 Å². The molecule has 0 radical (unpaired) electrons. The standard InChI is InChI=1S/C14H17NO2S/c1-9-3-2-4-10-7-11(17-14(9)10)13(15)12-8-18-6-5-16-12/h2-4,7,12-13H,5-6,8,15H2,1H3. The van der Waals surface area contributed by atoms with Gasteiger partial charge in [0, 0.05) is 16.9 Å². The van der Waals surface area contributed by atoms with E-state index in [2.05, 4.69) is 6.07 Å². The summed E-state index contributed by atoms with van der Waals surface area (Å²) in [6.45, 7) is 2.83. The zero-order valence-corrected chi connectivity index (χ0v) is 11.2. The average molecular weight is 263 g/mol. The van der Waals surface area contributed by atoms with Gasteiger partial charge in [-0.1, -0.05) is 18.2 Å². The molecule has 2 atom stereocenters. The fourth-order valence-corrected chi connectivity index (χ4v) is 3.21. The monoisotopic (exact) mass is 263 g/mol. The second kappa shape index (κ2) is 4.96. The van der Waals surface area contributed by atoms with Crippen molar-refractivity contribution in [2.45, 2.75) is 19.1 Å². The van der Waals surface area contributed by atoms with Crippen molar-refractivity contribution in [3.8, 4) is 0 Å². The van der Waals surface area contributed by atoms with Gasteiger partial charge in [-0.05, 0) is 18.6 Å². The second-order valence-corrected chi connectivity index (χ2v) is 5.80. The second-order valence-electron chi connectivity index (χ2n) is 4.65. The summed E-state index contributed by atoms with van der Waals surface area (Å²) in [5.41, 5.74) is 8.33. The first-order valence-electron chi connectivity index (χ1n) is 6.19. The van der Waals surface area contributed by atoms with E-state index in [1.165, 1.54) is 0 Å². The van der Waals surface area contributed by atoms with E-state index < -0.39 is 0 Å². The first-order chi connectivity index (χ1) is 8.75. The molecule has 2 aromatic rings. The Labute approximate surface area is 111 Å². The fourth-order valence-electron chi connectivity index (χ4n) is 2.29. The van der Waals surface area contributed by atoms with Crippen LogP contribution in [0, 0.1) is 6.92 Å². The van der Waals surface area contributed by atoms with E-state index >= 15 is 0 Å². The number of nitrogens with two attached hydrogens (primary N) is 1. The minimum absolute atomic E-state index is 0.0598. The molecule has 1 aromatic heterocycles. The summed E-state index contributed by atoms with van der Waals surface area (Å²) in [6, 6.07) is 8.00. The molecule has 1 aromatic carbocycles. The summed E-state index contributed by atoms with van der Waals surface area (Å²) < 4.78 is 11.6. The van der Waals surface area contributed by atoms with Crippen LogP contribution >= 0.6 is 11.8 Å². The molecular formula is C14H17NO2S. The van der Waals surface area contributed by atoms with Crippen LogP contribution in [0.1, 0.15) is 17.4 Å². The molecule has 0 amide bonds. The molecule has 0 saturated carbocycles. The van der Waals surface area contributed by atoms with Gasteiger partial charge < -0.3 is 14.9 Å². The quantitative estimate of drug-likeness (QED) is 0.905. The third kappa shape index (κ3) is 2.16. The van der Waals surface area contributed by atoms with Crippen molar-refractivity contribution < 1.29 is 9.15 Å². The Hall–Kier alpha value is -0.970. The normalized spacial score (nSPS) is 22.2. The number of ether oxygens (including phenoxy) is 1. The fraction of sp³-hybridized carbons (Fsp3) is 0.429. The Kier molecular flexibility index (Phi) is 3.33. The van der Waals surface area contributed by atoms with Gasteiger partial charge >= 0.3 is 0 Å².